The Morgan fingerprint density at radius 3 is 2.44 bits per heavy atom. The lowest BCUT2D eigenvalue weighted by molar-refractivity contribution is -0.133. The number of nitrogens with one attached hydrogen (secondary N) is 1. The van der Waals surface area contributed by atoms with Gasteiger partial charge < -0.3 is 25.0 Å². The normalized spacial score (nSPS) is 19.0. The zero-order chi connectivity index (χ0) is 22.8. The molecule has 2 heterocycles. The molecule has 0 radical (unpaired) electrons. The van der Waals surface area contributed by atoms with E-state index in [-0.39, 0.29) is 24.9 Å². The highest BCUT2D eigenvalue weighted by atomic mass is 19.1. The van der Waals surface area contributed by atoms with E-state index in [9.17, 15) is 14.3 Å². The van der Waals surface area contributed by atoms with Gasteiger partial charge in [0.25, 0.3) is 0 Å². The van der Waals surface area contributed by atoms with Gasteiger partial charge in [-0.05, 0) is 50.5 Å². The van der Waals surface area contributed by atoms with Crippen molar-refractivity contribution in [2.24, 2.45) is 4.99 Å². The Kier molecular flexibility index (Phi) is 9.55. The van der Waals surface area contributed by atoms with Crippen LogP contribution in [0.4, 0.5) is 4.39 Å². The molecule has 0 spiro atoms. The maximum absolute atomic E-state index is 13.0. The molecule has 0 aromatic heterocycles. The third-order valence-electron chi connectivity index (χ3n) is 5.78. The first-order chi connectivity index (χ1) is 15.5. The van der Waals surface area contributed by atoms with Crippen molar-refractivity contribution in [2.45, 2.75) is 32.3 Å². The molecular formula is C23H36FN5O3. The molecule has 0 aliphatic carbocycles. The number of hydrogen-bond donors (Lipinski definition) is 2. The van der Waals surface area contributed by atoms with E-state index in [4.69, 9.17) is 4.74 Å². The monoisotopic (exact) mass is 449 g/mol. The van der Waals surface area contributed by atoms with Crippen molar-refractivity contribution in [3.05, 3.63) is 30.1 Å². The fourth-order valence-corrected chi connectivity index (χ4v) is 3.95. The van der Waals surface area contributed by atoms with Gasteiger partial charge >= 0.3 is 0 Å². The second-order valence-electron chi connectivity index (χ2n) is 8.32. The maximum atomic E-state index is 13.0. The Hall–Kier alpha value is -2.39. The summed E-state index contributed by atoms with van der Waals surface area (Å²) >= 11 is 0. The van der Waals surface area contributed by atoms with E-state index in [0.717, 1.165) is 64.6 Å². The smallest absolute Gasteiger partial charge is 0.236 e. The van der Waals surface area contributed by atoms with Gasteiger partial charge in [0.05, 0.1) is 13.1 Å². The van der Waals surface area contributed by atoms with Gasteiger partial charge in [0.1, 0.15) is 24.3 Å². The number of aliphatic hydroxyl groups excluding tert-OH is 1. The first-order valence-corrected chi connectivity index (χ1v) is 11.6. The molecule has 1 aromatic rings. The number of aliphatic imine (C=N–C) groups is 1. The summed E-state index contributed by atoms with van der Waals surface area (Å²) in [5, 5.41) is 13.5. The van der Waals surface area contributed by atoms with Crippen LogP contribution in [0.1, 0.15) is 26.2 Å². The molecule has 178 valence electrons. The molecule has 0 saturated carbocycles. The van der Waals surface area contributed by atoms with Crippen molar-refractivity contribution in [3.8, 4) is 5.75 Å². The molecule has 9 heteroatoms. The highest BCUT2D eigenvalue weighted by Crippen LogP contribution is 2.12. The van der Waals surface area contributed by atoms with Crippen LogP contribution in [0.25, 0.3) is 0 Å². The molecule has 1 aromatic carbocycles. The second kappa shape index (κ2) is 12.6. The number of carbonyl (C=O) groups is 1. The van der Waals surface area contributed by atoms with Crippen molar-refractivity contribution in [2.75, 3.05) is 65.5 Å². The van der Waals surface area contributed by atoms with Crippen LogP contribution in [0.15, 0.2) is 29.3 Å². The minimum absolute atomic E-state index is 0.0843. The molecule has 0 bridgehead atoms. The van der Waals surface area contributed by atoms with Crippen LogP contribution in [0, 0.1) is 5.82 Å². The summed E-state index contributed by atoms with van der Waals surface area (Å²) in [6.07, 6.45) is 2.69. The molecule has 1 amide bonds. The Morgan fingerprint density at radius 1 is 1.09 bits per heavy atom. The predicted octanol–water partition coefficient (Wildman–Crippen LogP) is 1.16. The highest BCUT2D eigenvalue weighted by molar-refractivity contribution is 5.80. The number of guanidine groups is 1. The maximum Gasteiger partial charge on any atom is 0.236 e. The molecule has 3 rings (SSSR count). The minimum atomic E-state index is -0.767. The fourth-order valence-electron chi connectivity index (χ4n) is 3.95. The molecular weight excluding hydrogens is 413 g/mol. The van der Waals surface area contributed by atoms with Crippen molar-refractivity contribution in [3.63, 3.8) is 0 Å². The summed E-state index contributed by atoms with van der Waals surface area (Å²) in [5.41, 5.74) is 0. The van der Waals surface area contributed by atoms with E-state index in [1.54, 1.807) is 0 Å². The molecule has 8 nitrogen and oxygen atoms in total. The van der Waals surface area contributed by atoms with E-state index < -0.39 is 6.10 Å². The van der Waals surface area contributed by atoms with Crippen molar-refractivity contribution < 1.29 is 19.0 Å². The summed E-state index contributed by atoms with van der Waals surface area (Å²) in [4.78, 5) is 23.5. The zero-order valence-corrected chi connectivity index (χ0v) is 19.0. The SMILES string of the molecule is CCNC(=NCC(O)COc1ccc(F)cc1)N1CCN(CC(=O)N2CCCCC2)CC1. The molecule has 32 heavy (non-hydrogen) atoms. The van der Waals surface area contributed by atoms with Gasteiger partial charge in [-0.2, -0.15) is 0 Å². The molecule has 1 atom stereocenters. The van der Waals surface area contributed by atoms with E-state index >= 15 is 0 Å². The number of amides is 1. The Balaban J connectivity index is 1.42. The molecule has 2 N–H and O–H groups in total. The van der Waals surface area contributed by atoms with Crippen LogP contribution in [-0.2, 0) is 4.79 Å². The number of piperazine rings is 1. The predicted molar refractivity (Wildman–Crippen MR) is 122 cm³/mol. The lowest BCUT2D eigenvalue weighted by Crippen LogP contribution is -2.54. The number of hydrogen-bond acceptors (Lipinski definition) is 5. The lowest BCUT2D eigenvalue weighted by atomic mass is 10.1. The molecule has 2 aliphatic rings. The van der Waals surface area contributed by atoms with Crippen LogP contribution >= 0.6 is 0 Å². The van der Waals surface area contributed by atoms with Gasteiger partial charge in [0.15, 0.2) is 5.96 Å². The van der Waals surface area contributed by atoms with Crippen LogP contribution in [0.3, 0.4) is 0 Å². The number of carbonyl (C=O) groups excluding carboxylic acids is 1. The fraction of sp³-hybridized carbons (Fsp3) is 0.652. The largest absolute Gasteiger partial charge is 0.491 e. The Morgan fingerprint density at radius 2 is 1.78 bits per heavy atom. The number of benzene rings is 1. The average Bonchev–Trinajstić information content (AvgIpc) is 2.82. The first kappa shape index (κ1) is 24.3. The van der Waals surface area contributed by atoms with Gasteiger partial charge in [-0.3, -0.25) is 14.7 Å². The first-order valence-electron chi connectivity index (χ1n) is 11.6. The third-order valence-corrected chi connectivity index (χ3v) is 5.78. The van der Waals surface area contributed by atoms with E-state index in [2.05, 4.69) is 20.1 Å². The summed E-state index contributed by atoms with van der Waals surface area (Å²) in [7, 11) is 0. The molecule has 1 unspecified atom stereocenters. The van der Waals surface area contributed by atoms with Gasteiger partial charge in [0, 0.05) is 45.8 Å². The number of ether oxygens (including phenoxy) is 1. The van der Waals surface area contributed by atoms with Crippen molar-refractivity contribution in [1.29, 1.82) is 0 Å². The van der Waals surface area contributed by atoms with Crippen molar-refractivity contribution in [1.82, 2.24) is 20.0 Å². The Bertz CT molecular complexity index is 732. The Labute approximate surface area is 190 Å². The van der Waals surface area contributed by atoms with Gasteiger partial charge in [-0.15, -0.1) is 0 Å². The summed E-state index contributed by atoms with van der Waals surface area (Å²) in [6.45, 7) is 8.47. The van der Waals surface area contributed by atoms with Gasteiger partial charge in [0.2, 0.25) is 5.91 Å². The molecule has 2 fully saturated rings. The van der Waals surface area contributed by atoms with Crippen LogP contribution in [0.2, 0.25) is 0 Å². The zero-order valence-electron chi connectivity index (χ0n) is 19.0. The minimum Gasteiger partial charge on any atom is -0.491 e. The topological polar surface area (TPSA) is 80.6 Å². The summed E-state index contributed by atoms with van der Waals surface area (Å²) in [5.74, 6) is 1.18. The number of rotatable bonds is 8. The standard InChI is InChI=1S/C23H36FN5O3/c1-2-25-23(26-16-20(30)18-32-21-8-6-19(24)7-9-21)29-14-12-27(13-15-29)17-22(31)28-10-4-3-5-11-28/h6-9,20,30H,2-5,10-18H2,1H3,(H,25,26). The highest BCUT2D eigenvalue weighted by Gasteiger charge is 2.24. The number of aliphatic hydroxyl groups is 1. The molecule has 2 saturated heterocycles. The summed E-state index contributed by atoms with van der Waals surface area (Å²) < 4.78 is 18.5. The number of nitrogens with zero attached hydrogens (tertiary/aromatic N) is 4. The number of likely N-dealkylation sites (tertiary alicyclic amines) is 1. The number of halogens is 1. The van der Waals surface area contributed by atoms with Crippen LogP contribution in [-0.4, -0.2) is 103 Å². The lowest BCUT2D eigenvalue weighted by Gasteiger charge is -2.37. The van der Waals surface area contributed by atoms with E-state index in [1.165, 1.54) is 30.7 Å². The van der Waals surface area contributed by atoms with Crippen LogP contribution in [0.5, 0.6) is 5.75 Å². The van der Waals surface area contributed by atoms with Gasteiger partial charge in [-0.25, -0.2) is 4.39 Å². The van der Waals surface area contributed by atoms with Crippen LogP contribution < -0.4 is 10.1 Å². The quantitative estimate of drug-likeness (QED) is 0.458. The van der Waals surface area contributed by atoms with E-state index in [1.807, 2.05) is 11.8 Å². The third kappa shape index (κ3) is 7.63. The second-order valence-corrected chi connectivity index (χ2v) is 8.32. The number of piperidine rings is 1. The average molecular weight is 450 g/mol. The van der Waals surface area contributed by atoms with Gasteiger partial charge in [-0.1, -0.05) is 0 Å². The van der Waals surface area contributed by atoms with Crippen molar-refractivity contribution >= 4 is 11.9 Å². The van der Waals surface area contributed by atoms with E-state index in [0.29, 0.717) is 12.3 Å². The molecule has 2 aliphatic heterocycles. The summed E-state index contributed by atoms with van der Waals surface area (Å²) in [6, 6.07) is 5.71.